The maximum absolute atomic E-state index is 3.62. The van der Waals surface area contributed by atoms with E-state index in [0.29, 0.717) is 0 Å². The molecule has 0 spiro atoms. The molecule has 0 rings (SSSR count). The van der Waals surface area contributed by atoms with Gasteiger partial charge < -0.3 is 0 Å². The van der Waals surface area contributed by atoms with Crippen molar-refractivity contribution in [3.63, 3.8) is 0 Å². The Morgan fingerprint density at radius 3 is 2.33 bits per heavy atom. The smallest absolute Gasteiger partial charge is 0.0314 e. The topological polar surface area (TPSA) is 0 Å². The van der Waals surface area contributed by atoms with Crippen molar-refractivity contribution < 1.29 is 0 Å². The van der Waals surface area contributed by atoms with Gasteiger partial charge in [0.2, 0.25) is 0 Å². The van der Waals surface area contributed by atoms with Crippen LogP contribution >= 0.6 is 8.58 Å². The molecule has 0 fully saturated rings. The molecule has 1 atom stereocenters. The summed E-state index contributed by atoms with van der Waals surface area (Å²) in [5.41, 5.74) is 0. The summed E-state index contributed by atoms with van der Waals surface area (Å²) in [6.45, 7) is 12.0. The molecule has 0 aromatic carbocycles. The van der Waals surface area contributed by atoms with Crippen molar-refractivity contribution in [2.45, 2.75) is 27.2 Å². The molecule has 0 aromatic heterocycles. The van der Waals surface area contributed by atoms with Crippen molar-refractivity contribution in [1.29, 1.82) is 0 Å². The summed E-state index contributed by atoms with van der Waals surface area (Å²) in [6.07, 6.45) is 9.28. The van der Waals surface area contributed by atoms with Crippen LogP contribution in [0.4, 0.5) is 0 Å². The molecule has 0 heterocycles. The Hall–Kier alpha value is -0.350. The lowest BCUT2D eigenvalue weighted by atomic mass is 10.4. The molecule has 12 heavy (non-hydrogen) atoms. The van der Waals surface area contributed by atoms with Crippen LogP contribution in [0.3, 0.4) is 0 Å². The second-order valence-electron chi connectivity index (χ2n) is 1.91. The van der Waals surface area contributed by atoms with E-state index in [1.165, 1.54) is 5.31 Å². The molecule has 1 heteroatoms. The Kier molecular flexibility index (Phi) is 15.7. The lowest BCUT2D eigenvalue weighted by molar-refractivity contribution is 1.22. The molecule has 0 aliphatic rings. The average Bonchev–Trinajstić information content (AvgIpc) is 2.15. The highest BCUT2D eigenvalue weighted by Crippen LogP contribution is 2.20. The highest BCUT2D eigenvalue weighted by Gasteiger charge is 1.82. The average molecular weight is 184 g/mol. The fourth-order valence-corrected chi connectivity index (χ4v) is 1.32. The van der Waals surface area contributed by atoms with Crippen molar-refractivity contribution in [1.82, 2.24) is 0 Å². The van der Waals surface area contributed by atoms with E-state index in [1.54, 1.807) is 0 Å². The van der Waals surface area contributed by atoms with Crippen molar-refractivity contribution in [2.75, 3.05) is 6.66 Å². The zero-order valence-electron chi connectivity index (χ0n) is 8.72. The summed E-state index contributed by atoms with van der Waals surface area (Å²) in [6, 6.07) is 0. The van der Waals surface area contributed by atoms with E-state index in [2.05, 4.69) is 32.3 Å². The summed E-state index contributed by atoms with van der Waals surface area (Å²) in [7, 11) is 0.892. The maximum Gasteiger partial charge on any atom is -0.0314 e. The summed E-state index contributed by atoms with van der Waals surface area (Å²) < 4.78 is 0. The number of rotatable bonds is 4. The number of allylic oxidation sites excluding steroid dienone is 5. The Labute approximate surface area is 79.2 Å². The zero-order valence-corrected chi connectivity index (χ0v) is 9.72. The first kappa shape index (κ1) is 14.2. The summed E-state index contributed by atoms with van der Waals surface area (Å²) in [4.78, 5) is 0. The van der Waals surface area contributed by atoms with Gasteiger partial charge in [0.25, 0.3) is 0 Å². The molecule has 0 aromatic rings. The monoisotopic (exact) mass is 184 g/mol. The first-order valence-electron chi connectivity index (χ1n) is 4.52. The maximum atomic E-state index is 3.62. The molecule has 0 N–H and O–H groups in total. The van der Waals surface area contributed by atoms with E-state index in [4.69, 9.17) is 0 Å². The zero-order chi connectivity index (χ0) is 9.82. The predicted octanol–water partition coefficient (Wildman–Crippen LogP) is 4.36. The highest BCUT2D eigenvalue weighted by atomic mass is 31.1. The van der Waals surface area contributed by atoms with Crippen molar-refractivity contribution in [3.05, 3.63) is 36.2 Å². The Balaban J connectivity index is 0. The number of hydrogen-bond acceptors (Lipinski definition) is 0. The van der Waals surface area contributed by atoms with Gasteiger partial charge >= 0.3 is 0 Å². The van der Waals surface area contributed by atoms with Gasteiger partial charge in [0.15, 0.2) is 0 Å². The minimum absolute atomic E-state index is 0.892. The molecule has 0 bridgehead atoms. The van der Waals surface area contributed by atoms with Crippen LogP contribution in [0, 0.1) is 0 Å². The standard InChI is InChI=1S/C9H15P.C2H6/c1-4-6-8-9(10-3)7-5-2;1-2/h4,6-8,10H,1,5H2,2-3H3;1-2H3/b8-6-,9-7+;. The summed E-state index contributed by atoms with van der Waals surface area (Å²) in [5, 5.41) is 1.42. The largest absolute Gasteiger partial charge is 0.0991 e. The third kappa shape index (κ3) is 9.65. The Morgan fingerprint density at radius 2 is 2.00 bits per heavy atom. The van der Waals surface area contributed by atoms with E-state index in [9.17, 15) is 0 Å². The SMILES string of the molecule is C=C/C=C\C(=C/CC)PC.CC. The van der Waals surface area contributed by atoms with Gasteiger partial charge in [0.05, 0.1) is 0 Å². The van der Waals surface area contributed by atoms with Gasteiger partial charge in [0.1, 0.15) is 0 Å². The van der Waals surface area contributed by atoms with Crippen molar-refractivity contribution in [3.8, 4) is 0 Å². The second kappa shape index (κ2) is 13.3. The van der Waals surface area contributed by atoms with Crippen molar-refractivity contribution >= 4 is 8.58 Å². The summed E-state index contributed by atoms with van der Waals surface area (Å²) >= 11 is 0. The molecule has 0 aliphatic heterocycles. The third-order valence-electron chi connectivity index (χ3n) is 1.12. The van der Waals surface area contributed by atoms with Crippen LogP contribution in [0.1, 0.15) is 27.2 Å². The lowest BCUT2D eigenvalue weighted by Crippen LogP contribution is -1.64. The summed E-state index contributed by atoms with van der Waals surface area (Å²) in [5.74, 6) is 0. The predicted molar refractivity (Wildman–Crippen MR) is 63.3 cm³/mol. The Morgan fingerprint density at radius 1 is 1.42 bits per heavy atom. The molecule has 0 radical (unpaired) electrons. The molecule has 70 valence electrons. The third-order valence-corrected chi connectivity index (χ3v) is 2.07. The molecule has 0 nitrogen and oxygen atoms in total. The van der Waals surface area contributed by atoms with Crippen LogP contribution in [-0.2, 0) is 0 Å². The highest BCUT2D eigenvalue weighted by molar-refractivity contribution is 7.42. The number of hydrogen-bond donors (Lipinski definition) is 0. The van der Waals surface area contributed by atoms with E-state index in [-0.39, 0.29) is 0 Å². The van der Waals surface area contributed by atoms with E-state index in [1.807, 2.05) is 26.0 Å². The molecule has 0 saturated heterocycles. The lowest BCUT2D eigenvalue weighted by Gasteiger charge is -1.93. The van der Waals surface area contributed by atoms with Crippen LogP contribution < -0.4 is 0 Å². The van der Waals surface area contributed by atoms with E-state index < -0.39 is 0 Å². The van der Waals surface area contributed by atoms with Gasteiger partial charge in [-0.05, 0) is 18.4 Å². The molecule has 1 unspecified atom stereocenters. The molecular formula is C11H21P. The quantitative estimate of drug-likeness (QED) is 0.450. The first-order chi connectivity index (χ1) is 5.85. The van der Waals surface area contributed by atoms with Gasteiger partial charge in [-0.2, -0.15) is 0 Å². The van der Waals surface area contributed by atoms with Crippen LogP contribution in [0.15, 0.2) is 36.2 Å². The first-order valence-corrected chi connectivity index (χ1v) is 6.02. The van der Waals surface area contributed by atoms with Crippen LogP contribution in [0.5, 0.6) is 0 Å². The molecule has 0 aliphatic carbocycles. The normalized spacial score (nSPS) is 11.8. The van der Waals surface area contributed by atoms with Gasteiger partial charge in [-0.1, -0.05) is 60.2 Å². The van der Waals surface area contributed by atoms with Crippen molar-refractivity contribution in [2.24, 2.45) is 0 Å². The fraction of sp³-hybridized carbons (Fsp3) is 0.455. The second-order valence-corrected chi connectivity index (χ2v) is 2.99. The van der Waals surface area contributed by atoms with E-state index >= 15 is 0 Å². The van der Waals surface area contributed by atoms with Gasteiger partial charge in [0, 0.05) is 0 Å². The van der Waals surface area contributed by atoms with Crippen LogP contribution in [0.2, 0.25) is 0 Å². The van der Waals surface area contributed by atoms with Crippen LogP contribution in [-0.4, -0.2) is 6.66 Å². The van der Waals surface area contributed by atoms with Gasteiger partial charge in [-0.15, -0.1) is 0 Å². The van der Waals surface area contributed by atoms with Crippen LogP contribution in [0.25, 0.3) is 0 Å². The van der Waals surface area contributed by atoms with E-state index in [0.717, 1.165) is 15.0 Å². The molecule has 0 amide bonds. The van der Waals surface area contributed by atoms with Gasteiger partial charge in [-0.3, -0.25) is 0 Å². The molecule has 0 saturated carbocycles. The molecular weight excluding hydrogens is 163 g/mol. The fourth-order valence-electron chi connectivity index (χ4n) is 0.645. The van der Waals surface area contributed by atoms with Gasteiger partial charge in [-0.25, -0.2) is 0 Å². The minimum Gasteiger partial charge on any atom is -0.0991 e. The minimum atomic E-state index is 0.892. The Bertz CT molecular complexity index is 140.